The van der Waals surface area contributed by atoms with E-state index < -0.39 is 0 Å². The summed E-state index contributed by atoms with van der Waals surface area (Å²) in [4.78, 5) is 10.1. The van der Waals surface area contributed by atoms with Gasteiger partial charge < -0.3 is 4.98 Å². The van der Waals surface area contributed by atoms with Crippen LogP contribution in [-0.2, 0) is 13.1 Å². The molecular formula is C18H20FN3. The van der Waals surface area contributed by atoms with Gasteiger partial charge in [0.2, 0.25) is 0 Å². The van der Waals surface area contributed by atoms with E-state index in [2.05, 4.69) is 53.0 Å². The summed E-state index contributed by atoms with van der Waals surface area (Å²) >= 11 is 0. The lowest BCUT2D eigenvalue weighted by molar-refractivity contribution is 0.199. The standard InChI is InChI=1S/C18H20FN3/c1-13(2)22(11-14-6-4-3-5-7-14)12-18-20-16-9-8-15(19)10-17(16)21-18/h3-10,13H,11-12H2,1-2H3,(H,20,21). The van der Waals surface area contributed by atoms with Crippen molar-refractivity contribution in [3.05, 3.63) is 65.7 Å². The molecule has 3 aromatic rings. The van der Waals surface area contributed by atoms with E-state index in [0.717, 1.165) is 23.4 Å². The fourth-order valence-corrected chi connectivity index (χ4v) is 2.54. The normalized spacial score (nSPS) is 11.7. The second-order valence-electron chi connectivity index (χ2n) is 5.83. The van der Waals surface area contributed by atoms with Gasteiger partial charge >= 0.3 is 0 Å². The van der Waals surface area contributed by atoms with Crippen molar-refractivity contribution in [3.8, 4) is 0 Å². The van der Waals surface area contributed by atoms with Crippen LogP contribution in [0.5, 0.6) is 0 Å². The van der Waals surface area contributed by atoms with Crippen molar-refractivity contribution in [2.45, 2.75) is 33.0 Å². The third-order valence-electron chi connectivity index (χ3n) is 3.80. The molecule has 0 spiro atoms. The minimum absolute atomic E-state index is 0.243. The van der Waals surface area contributed by atoms with Crippen LogP contribution in [0.25, 0.3) is 11.0 Å². The lowest BCUT2D eigenvalue weighted by atomic mass is 10.2. The maximum Gasteiger partial charge on any atom is 0.125 e. The van der Waals surface area contributed by atoms with Gasteiger partial charge in [-0.15, -0.1) is 0 Å². The molecule has 0 saturated heterocycles. The summed E-state index contributed by atoms with van der Waals surface area (Å²) in [5.74, 6) is 0.623. The van der Waals surface area contributed by atoms with Crippen LogP contribution < -0.4 is 0 Å². The Labute approximate surface area is 129 Å². The lowest BCUT2D eigenvalue weighted by Gasteiger charge is -2.25. The first kappa shape index (κ1) is 14.7. The molecule has 0 atom stereocenters. The van der Waals surface area contributed by atoms with Crippen LogP contribution >= 0.6 is 0 Å². The van der Waals surface area contributed by atoms with Crippen LogP contribution in [0.1, 0.15) is 25.2 Å². The van der Waals surface area contributed by atoms with Gasteiger partial charge in [-0.1, -0.05) is 30.3 Å². The first-order valence-corrected chi connectivity index (χ1v) is 7.54. The number of hydrogen-bond donors (Lipinski definition) is 1. The van der Waals surface area contributed by atoms with E-state index >= 15 is 0 Å². The number of rotatable bonds is 5. The van der Waals surface area contributed by atoms with E-state index in [1.54, 1.807) is 6.07 Å². The van der Waals surface area contributed by atoms with Gasteiger partial charge in [-0.3, -0.25) is 4.90 Å². The van der Waals surface area contributed by atoms with Gasteiger partial charge in [0.1, 0.15) is 11.6 Å². The number of aromatic nitrogens is 2. The number of nitrogens with zero attached hydrogens (tertiary/aromatic N) is 2. The van der Waals surface area contributed by atoms with Crippen LogP contribution in [0.15, 0.2) is 48.5 Å². The first-order valence-electron chi connectivity index (χ1n) is 7.54. The van der Waals surface area contributed by atoms with Gasteiger partial charge in [-0.05, 0) is 37.6 Å². The van der Waals surface area contributed by atoms with Crippen molar-refractivity contribution in [1.82, 2.24) is 14.9 Å². The Morgan fingerprint density at radius 2 is 1.86 bits per heavy atom. The molecule has 4 heteroatoms. The summed E-state index contributed by atoms with van der Waals surface area (Å²) in [6, 6.07) is 15.4. The van der Waals surface area contributed by atoms with Gasteiger partial charge in [0.05, 0.1) is 17.6 Å². The van der Waals surface area contributed by atoms with Crippen molar-refractivity contribution >= 4 is 11.0 Å². The van der Waals surface area contributed by atoms with E-state index in [1.807, 2.05) is 6.07 Å². The molecule has 0 saturated carbocycles. The summed E-state index contributed by atoms with van der Waals surface area (Å²) in [7, 11) is 0. The summed E-state index contributed by atoms with van der Waals surface area (Å²) < 4.78 is 13.3. The van der Waals surface area contributed by atoms with Crippen LogP contribution in [-0.4, -0.2) is 20.9 Å². The van der Waals surface area contributed by atoms with E-state index in [-0.39, 0.29) is 5.82 Å². The highest BCUT2D eigenvalue weighted by atomic mass is 19.1. The SMILES string of the molecule is CC(C)N(Cc1ccccc1)Cc1nc2ccc(F)cc2[nH]1. The Balaban J connectivity index is 1.80. The Kier molecular flexibility index (Phi) is 4.20. The zero-order valence-electron chi connectivity index (χ0n) is 12.9. The quantitative estimate of drug-likeness (QED) is 0.768. The number of aromatic amines is 1. The summed E-state index contributed by atoms with van der Waals surface area (Å²) in [6.45, 7) is 5.92. The predicted octanol–water partition coefficient (Wildman–Crippen LogP) is 4.11. The van der Waals surface area contributed by atoms with Crippen molar-refractivity contribution in [2.75, 3.05) is 0 Å². The van der Waals surface area contributed by atoms with Gasteiger partial charge in [0.15, 0.2) is 0 Å². The molecule has 2 aromatic carbocycles. The van der Waals surface area contributed by atoms with Gasteiger partial charge in [-0.2, -0.15) is 0 Å². The number of hydrogen-bond acceptors (Lipinski definition) is 2. The topological polar surface area (TPSA) is 31.9 Å². The molecule has 0 aliphatic rings. The third kappa shape index (κ3) is 3.34. The number of H-pyrrole nitrogens is 1. The highest BCUT2D eigenvalue weighted by Crippen LogP contribution is 2.16. The molecule has 0 unspecified atom stereocenters. The smallest absolute Gasteiger partial charge is 0.125 e. The van der Waals surface area contributed by atoms with E-state index in [0.29, 0.717) is 12.6 Å². The summed E-state index contributed by atoms with van der Waals surface area (Å²) in [5.41, 5.74) is 2.83. The average Bonchev–Trinajstić information content (AvgIpc) is 2.89. The second-order valence-corrected chi connectivity index (χ2v) is 5.83. The summed E-state index contributed by atoms with van der Waals surface area (Å²) in [5, 5.41) is 0. The molecule has 1 aromatic heterocycles. The highest BCUT2D eigenvalue weighted by molar-refractivity contribution is 5.74. The minimum Gasteiger partial charge on any atom is -0.341 e. The Hall–Kier alpha value is -2.20. The molecule has 1 heterocycles. The fourth-order valence-electron chi connectivity index (χ4n) is 2.54. The average molecular weight is 297 g/mol. The van der Waals surface area contributed by atoms with Gasteiger partial charge in [-0.25, -0.2) is 9.37 Å². The molecule has 0 radical (unpaired) electrons. The van der Waals surface area contributed by atoms with Crippen molar-refractivity contribution in [3.63, 3.8) is 0 Å². The van der Waals surface area contributed by atoms with Crippen LogP contribution in [0.3, 0.4) is 0 Å². The third-order valence-corrected chi connectivity index (χ3v) is 3.80. The maximum absolute atomic E-state index is 13.3. The maximum atomic E-state index is 13.3. The zero-order valence-corrected chi connectivity index (χ0v) is 12.9. The number of fused-ring (bicyclic) bond motifs is 1. The van der Waals surface area contributed by atoms with Gasteiger partial charge in [0.25, 0.3) is 0 Å². The van der Waals surface area contributed by atoms with E-state index in [1.165, 1.54) is 17.7 Å². The Bertz CT molecular complexity index is 749. The van der Waals surface area contributed by atoms with Gasteiger partial charge in [0, 0.05) is 12.6 Å². The predicted molar refractivity (Wildman–Crippen MR) is 86.9 cm³/mol. The summed E-state index contributed by atoms with van der Waals surface area (Å²) in [6.07, 6.45) is 0. The Morgan fingerprint density at radius 3 is 2.59 bits per heavy atom. The van der Waals surface area contributed by atoms with Crippen LogP contribution in [0.4, 0.5) is 4.39 Å². The number of imidazole rings is 1. The molecule has 0 bridgehead atoms. The Morgan fingerprint density at radius 1 is 1.09 bits per heavy atom. The molecule has 1 N–H and O–H groups in total. The van der Waals surface area contributed by atoms with E-state index in [4.69, 9.17) is 0 Å². The molecule has 0 fully saturated rings. The minimum atomic E-state index is -0.243. The van der Waals surface area contributed by atoms with Crippen molar-refractivity contribution < 1.29 is 4.39 Å². The van der Waals surface area contributed by atoms with Crippen molar-refractivity contribution in [1.29, 1.82) is 0 Å². The monoisotopic (exact) mass is 297 g/mol. The molecule has 22 heavy (non-hydrogen) atoms. The molecule has 114 valence electrons. The van der Waals surface area contributed by atoms with Crippen LogP contribution in [0.2, 0.25) is 0 Å². The first-order chi connectivity index (χ1) is 10.6. The van der Waals surface area contributed by atoms with E-state index in [9.17, 15) is 4.39 Å². The molecule has 0 aliphatic heterocycles. The molecular weight excluding hydrogens is 277 g/mol. The second kappa shape index (κ2) is 6.28. The highest BCUT2D eigenvalue weighted by Gasteiger charge is 2.13. The van der Waals surface area contributed by atoms with Crippen LogP contribution in [0, 0.1) is 5.82 Å². The molecule has 3 rings (SSSR count). The zero-order chi connectivity index (χ0) is 15.5. The number of halogens is 1. The number of nitrogens with one attached hydrogen (secondary N) is 1. The fraction of sp³-hybridized carbons (Fsp3) is 0.278. The molecule has 0 aliphatic carbocycles. The molecule has 0 amide bonds. The molecule has 3 nitrogen and oxygen atoms in total. The number of benzene rings is 2. The largest absolute Gasteiger partial charge is 0.341 e. The van der Waals surface area contributed by atoms with Crippen molar-refractivity contribution in [2.24, 2.45) is 0 Å². The lowest BCUT2D eigenvalue weighted by Crippen LogP contribution is -2.30.